The minimum atomic E-state index is 0.156. The van der Waals surface area contributed by atoms with Gasteiger partial charge < -0.3 is 10.8 Å². The fourth-order valence-electron chi connectivity index (χ4n) is 2.08. The monoisotopic (exact) mass is 293 g/mol. The molecular weight excluding hydrogens is 278 g/mol. The molecule has 0 spiro atoms. The van der Waals surface area contributed by atoms with Gasteiger partial charge in [-0.3, -0.25) is 4.68 Å². The Balaban J connectivity index is 1.97. The lowest BCUT2D eigenvalue weighted by Gasteiger charge is -2.05. The molecule has 0 radical (unpaired) electrons. The van der Waals surface area contributed by atoms with Gasteiger partial charge >= 0.3 is 0 Å². The van der Waals surface area contributed by atoms with Crippen molar-refractivity contribution in [3.05, 3.63) is 53.9 Å². The molecule has 0 saturated heterocycles. The van der Waals surface area contributed by atoms with E-state index in [1.807, 2.05) is 31.5 Å². The third-order valence-electron chi connectivity index (χ3n) is 3.21. The molecule has 3 rings (SSSR count). The number of phenols is 1. The summed E-state index contributed by atoms with van der Waals surface area (Å²) in [6.45, 7) is 0. The van der Waals surface area contributed by atoms with Gasteiger partial charge in [-0.15, -0.1) is 10.2 Å². The summed E-state index contributed by atoms with van der Waals surface area (Å²) in [6.07, 6.45) is 7.40. The van der Waals surface area contributed by atoms with Crippen LogP contribution >= 0.6 is 0 Å². The van der Waals surface area contributed by atoms with E-state index >= 15 is 0 Å². The van der Waals surface area contributed by atoms with E-state index in [0.717, 1.165) is 11.1 Å². The molecule has 6 heteroatoms. The molecule has 3 aromatic rings. The summed E-state index contributed by atoms with van der Waals surface area (Å²) < 4.78 is 1.72. The highest BCUT2D eigenvalue weighted by molar-refractivity contribution is 5.77. The molecular formula is C16H15N5O. The smallest absolute Gasteiger partial charge is 0.153 e. The van der Waals surface area contributed by atoms with E-state index in [0.29, 0.717) is 17.1 Å². The van der Waals surface area contributed by atoms with Crippen molar-refractivity contribution in [1.29, 1.82) is 0 Å². The first-order valence-electron chi connectivity index (χ1n) is 6.72. The number of aromatic nitrogens is 4. The summed E-state index contributed by atoms with van der Waals surface area (Å²) in [6, 6.07) is 8.78. The van der Waals surface area contributed by atoms with E-state index in [4.69, 9.17) is 5.73 Å². The van der Waals surface area contributed by atoms with Crippen molar-refractivity contribution in [3.63, 3.8) is 0 Å². The number of aromatic hydroxyl groups is 1. The molecule has 22 heavy (non-hydrogen) atoms. The van der Waals surface area contributed by atoms with Crippen LogP contribution in [0.4, 0.5) is 5.82 Å². The average Bonchev–Trinajstić information content (AvgIpc) is 2.93. The topological polar surface area (TPSA) is 89.8 Å². The summed E-state index contributed by atoms with van der Waals surface area (Å²) in [7, 11) is 1.86. The van der Waals surface area contributed by atoms with Gasteiger partial charge in [0.25, 0.3) is 0 Å². The van der Waals surface area contributed by atoms with Crippen LogP contribution in [-0.4, -0.2) is 25.1 Å². The van der Waals surface area contributed by atoms with E-state index in [9.17, 15) is 5.11 Å². The van der Waals surface area contributed by atoms with E-state index in [2.05, 4.69) is 15.3 Å². The van der Waals surface area contributed by atoms with Crippen LogP contribution in [0.1, 0.15) is 11.1 Å². The van der Waals surface area contributed by atoms with Crippen molar-refractivity contribution >= 4 is 18.0 Å². The molecule has 2 aromatic heterocycles. The Bertz CT molecular complexity index is 838. The van der Waals surface area contributed by atoms with E-state index < -0.39 is 0 Å². The van der Waals surface area contributed by atoms with Crippen LogP contribution in [0, 0.1) is 0 Å². The number of phenolic OH excluding ortho intramolecular Hbond substituents is 1. The summed E-state index contributed by atoms with van der Waals surface area (Å²) in [5, 5.41) is 22.0. The maximum atomic E-state index is 9.91. The predicted octanol–water partition coefficient (Wildman–Crippen LogP) is 2.34. The first-order valence-corrected chi connectivity index (χ1v) is 6.72. The molecule has 0 fully saturated rings. The van der Waals surface area contributed by atoms with Gasteiger partial charge in [0.05, 0.1) is 11.9 Å². The Labute approximate surface area is 127 Å². The van der Waals surface area contributed by atoms with Gasteiger partial charge in [-0.25, -0.2) is 0 Å². The lowest BCUT2D eigenvalue weighted by Crippen LogP contribution is -1.98. The largest absolute Gasteiger partial charge is 0.507 e. The number of hydrogen-bond acceptors (Lipinski definition) is 5. The molecule has 0 amide bonds. The van der Waals surface area contributed by atoms with Crippen LogP contribution < -0.4 is 5.73 Å². The molecule has 1 aromatic carbocycles. The summed E-state index contributed by atoms with van der Waals surface area (Å²) in [5.41, 5.74) is 8.75. The maximum absolute atomic E-state index is 9.91. The lowest BCUT2D eigenvalue weighted by atomic mass is 10.1. The zero-order valence-electron chi connectivity index (χ0n) is 12.0. The Hall–Kier alpha value is -3.15. The second-order valence-corrected chi connectivity index (χ2v) is 4.87. The SMILES string of the molecule is Cn1cc(/C=C/c2cc(-c3ccccc3O)nnc2N)cn1. The minimum Gasteiger partial charge on any atom is -0.507 e. The summed E-state index contributed by atoms with van der Waals surface area (Å²) in [4.78, 5) is 0. The number of rotatable bonds is 3. The number of anilines is 1. The quantitative estimate of drug-likeness (QED) is 0.773. The molecule has 0 atom stereocenters. The van der Waals surface area contributed by atoms with Crippen LogP contribution in [0.2, 0.25) is 0 Å². The second-order valence-electron chi connectivity index (χ2n) is 4.87. The van der Waals surface area contributed by atoms with Crippen LogP contribution in [0.3, 0.4) is 0 Å². The van der Waals surface area contributed by atoms with Crippen molar-refractivity contribution in [2.75, 3.05) is 5.73 Å². The highest BCUT2D eigenvalue weighted by Gasteiger charge is 2.08. The summed E-state index contributed by atoms with van der Waals surface area (Å²) >= 11 is 0. The van der Waals surface area contributed by atoms with Crippen molar-refractivity contribution in [1.82, 2.24) is 20.0 Å². The number of nitrogens with zero attached hydrogens (tertiary/aromatic N) is 4. The first kappa shape index (κ1) is 13.8. The number of benzene rings is 1. The molecule has 0 bridgehead atoms. The Morgan fingerprint density at radius 2 is 2.00 bits per heavy atom. The Morgan fingerprint density at radius 3 is 2.73 bits per heavy atom. The molecule has 0 unspecified atom stereocenters. The van der Waals surface area contributed by atoms with Crippen LogP contribution in [-0.2, 0) is 7.05 Å². The molecule has 110 valence electrons. The number of para-hydroxylation sites is 1. The van der Waals surface area contributed by atoms with Crippen LogP contribution in [0.5, 0.6) is 5.75 Å². The Kier molecular flexibility index (Phi) is 3.57. The maximum Gasteiger partial charge on any atom is 0.153 e. The molecule has 6 nitrogen and oxygen atoms in total. The second kappa shape index (κ2) is 5.69. The molecule has 3 N–H and O–H groups in total. The molecule has 0 aliphatic carbocycles. The number of nitrogen functional groups attached to an aromatic ring is 1. The van der Waals surface area contributed by atoms with Crippen molar-refractivity contribution in [2.24, 2.45) is 7.05 Å². The molecule has 0 saturated carbocycles. The van der Waals surface area contributed by atoms with Gasteiger partial charge in [0, 0.05) is 29.9 Å². The highest BCUT2D eigenvalue weighted by atomic mass is 16.3. The van der Waals surface area contributed by atoms with Crippen molar-refractivity contribution in [3.8, 4) is 17.0 Å². The van der Waals surface area contributed by atoms with Gasteiger partial charge in [-0.1, -0.05) is 24.3 Å². The van der Waals surface area contributed by atoms with Gasteiger partial charge in [0.2, 0.25) is 0 Å². The van der Waals surface area contributed by atoms with Crippen LogP contribution in [0.25, 0.3) is 23.4 Å². The van der Waals surface area contributed by atoms with E-state index in [1.165, 1.54) is 0 Å². The minimum absolute atomic E-state index is 0.156. The van der Waals surface area contributed by atoms with Gasteiger partial charge in [0.1, 0.15) is 5.75 Å². The third-order valence-corrected chi connectivity index (χ3v) is 3.21. The highest BCUT2D eigenvalue weighted by Crippen LogP contribution is 2.28. The fourth-order valence-corrected chi connectivity index (χ4v) is 2.08. The number of aryl methyl sites for hydroxylation is 1. The zero-order chi connectivity index (χ0) is 15.5. The van der Waals surface area contributed by atoms with E-state index in [1.54, 1.807) is 35.1 Å². The molecule has 0 aliphatic rings. The summed E-state index contributed by atoms with van der Waals surface area (Å²) in [5.74, 6) is 0.489. The van der Waals surface area contributed by atoms with Gasteiger partial charge in [-0.05, 0) is 18.2 Å². The average molecular weight is 293 g/mol. The van der Waals surface area contributed by atoms with Crippen molar-refractivity contribution in [2.45, 2.75) is 0 Å². The number of nitrogens with two attached hydrogens (primary N) is 1. The zero-order valence-corrected chi connectivity index (χ0v) is 12.0. The standard InChI is InChI=1S/C16H15N5O/c1-21-10-11(9-18-21)6-7-12-8-14(19-20-16(12)17)13-4-2-3-5-15(13)22/h2-10,22H,1H3,(H2,17,20)/b7-6+. The molecule has 0 aliphatic heterocycles. The predicted molar refractivity (Wildman–Crippen MR) is 85.7 cm³/mol. The first-order chi connectivity index (χ1) is 10.6. The van der Waals surface area contributed by atoms with E-state index in [-0.39, 0.29) is 5.75 Å². The number of hydrogen-bond donors (Lipinski definition) is 2. The normalized spacial score (nSPS) is 11.1. The van der Waals surface area contributed by atoms with Gasteiger partial charge in [0.15, 0.2) is 5.82 Å². The third kappa shape index (κ3) is 2.80. The fraction of sp³-hybridized carbons (Fsp3) is 0.0625. The van der Waals surface area contributed by atoms with Crippen molar-refractivity contribution < 1.29 is 5.11 Å². The lowest BCUT2D eigenvalue weighted by molar-refractivity contribution is 0.477. The Morgan fingerprint density at radius 1 is 1.18 bits per heavy atom. The van der Waals surface area contributed by atoms with Gasteiger partial charge in [-0.2, -0.15) is 5.10 Å². The molecule has 2 heterocycles. The van der Waals surface area contributed by atoms with Crippen LogP contribution in [0.15, 0.2) is 42.7 Å².